The van der Waals surface area contributed by atoms with Gasteiger partial charge < -0.3 is 30.3 Å². The molecule has 0 aromatic carbocycles. The second-order valence-corrected chi connectivity index (χ2v) is 3.86. The predicted octanol–water partition coefficient (Wildman–Crippen LogP) is -2.54. The molecule has 0 heterocycles. The van der Waals surface area contributed by atoms with Gasteiger partial charge in [-0.3, -0.25) is 0 Å². The summed E-state index contributed by atoms with van der Waals surface area (Å²) in [5.74, 6) is -2.47. The Kier molecular flexibility index (Phi) is 7.42. The molecule has 0 aliphatic rings. The predicted molar refractivity (Wildman–Crippen MR) is 61.6 cm³/mol. The van der Waals surface area contributed by atoms with Crippen molar-refractivity contribution in [3.63, 3.8) is 0 Å². The van der Waals surface area contributed by atoms with Gasteiger partial charge in [0, 0.05) is 5.57 Å². The first kappa shape index (κ1) is 17.7. The molecule has 0 radical (unpaired) electrons. The van der Waals surface area contributed by atoms with Crippen molar-refractivity contribution in [1.29, 1.82) is 0 Å². The summed E-state index contributed by atoms with van der Waals surface area (Å²) in [7, 11) is 0. The topological polar surface area (TPSA) is 145 Å². The lowest BCUT2D eigenvalue weighted by Gasteiger charge is -2.24. The Bertz CT molecular complexity index is 351. The molecule has 0 fully saturated rings. The van der Waals surface area contributed by atoms with Crippen LogP contribution in [0.1, 0.15) is 13.8 Å². The fourth-order valence-corrected chi connectivity index (χ4v) is 1.01. The molecule has 8 nitrogen and oxygen atoms in total. The van der Waals surface area contributed by atoms with Crippen molar-refractivity contribution in [3.05, 3.63) is 11.6 Å². The van der Waals surface area contributed by atoms with Gasteiger partial charge in [-0.2, -0.15) is 0 Å². The van der Waals surface area contributed by atoms with Crippen molar-refractivity contribution in [2.24, 2.45) is 0 Å². The van der Waals surface area contributed by atoms with Gasteiger partial charge in [0.15, 0.2) is 6.10 Å². The van der Waals surface area contributed by atoms with Gasteiger partial charge in [-0.15, -0.1) is 0 Å². The summed E-state index contributed by atoms with van der Waals surface area (Å²) < 4.78 is 4.24. The average molecular weight is 278 g/mol. The van der Waals surface area contributed by atoms with E-state index in [4.69, 9.17) is 10.2 Å². The van der Waals surface area contributed by atoms with E-state index in [1.165, 1.54) is 19.9 Å². The zero-order valence-corrected chi connectivity index (χ0v) is 10.6. The highest BCUT2D eigenvalue weighted by molar-refractivity contribution is 5.96. The summed E-state index contributed by atoms with van der Waals surface area (Å²) in [6.07, 6.45) is -6.67. The van der Waals surface area contributed by atoms with Crippen LogP contribution in [0.4, 0.5) is 0 Å². The molecule has 0 aromatic rings. The average Bonchev–Trinajstić information content (AvgIpc) is 2.42. The van der Waals surface area contributed by atoms with Gasteiger partial charge >= 0.3 is 11.9 Å². The zero-order chi connectivity index (χ0) is 15.2. The van der Waals surface area contributed by atoms with Gasteiger partial charge in [0.2, 0.25) is 0 Å². The highest BCUT2D eigenvalue weighted by Gasteiger charge is 2.36. The molecule has 0 bridgehead atoms. The van der Waals surface area contributed by atoms with Gasteiger partial charge in [-0.05, 0) is 13.8 Å². The van der Waals surface area contributed by atoms with E-state index >= 15 is 0 Å². The maximum Gasteiger partial charge on any atom is 0.345 e. The summed E-state index contributed by atoms with van der Waals surface area (Å²) in [5, 5.41) is 45.6. The smallest absolute Gasteiger partial charge is 0.345 e. The van der Waals surface area contributed by atoms with Gasteiger partial charge in [0.05, 0.1) is 6.61 Å². The zero-order valence-electron chi connectivity index (χ0n) is 10.6. The van der Waals surface area contributed by atoms with Crippen LogP contribution in [-0.2, 0) is 14.3 Å². The molecule has 0 unspecified atom stereocenters. The van der Waals surface area contributed by atoms with E-state index in [1.54, 1.807) is 0 Å². The maximum absolute atomic E-state index is 11.3. The van der Waals surface area contributed by atoms with Crippen molar-refractivity contribution >= 4 is 11.9 Å². The Morgan fingerprint density at radius 3 is 2.11 bits per heavy atom. The third-order valence-corrected chi connectivity index (χ3v) is 2.44. The Morgan fingerprint density at radius 2 is 1.68 bits per heavy atom. The third-order valence-electron chi connectivity index (χ3n) is 2.44. The molecule has 0 amide bonds. The van der Waals surface area contributed by atoms with Crippen LogP contribution in [0.25, 0.3) is 0 Å². The van der Waals surface area contributed by atoms with E-state index in [2.05, 4.69) is 4.74 Å². The summed E-state index contributed by atoms with van der Waals surface area (Å²) in [6.45, 7) is 2.03. The number of aliphatic hydroxyl groups is 5. The Labute approximate surface area is 109 Å². The number of allylic oxidation sites excluding steroid dienone is 1. The van der Waals surface area contributed by atoms with E-state index < -0.39 is 43.0 Å². The summed E-state index contributed by atoms with van der Waals surface area (Å²) in [5.41, 5.74) is 0.117. The highest BCUT2D eigenvalue weighted by Crippen LogP contribution is 2.08. The fourth-order valence-electron chi connectivity index (χ4n) is 1.01. The number of rotatable bonds is 6. The minimum Gasteiger partial charge on any atom is -0.394 e. The van der Waals surface area contributed by atoms with Gasteiger partial charge in [-0.1, -0.05) is 6.08 Å². The number of aliphatic hydroxyl groups excluding tert-OH is 5. The molecule has 110 valence electrons. The van der Waals surface area contributed by atoms with Crippen molar-refractivity contribution in [2.45, 2.75) is 38.3 Å². The SMILES string of the molecule is CC=C(C)C(=O)OC(=O)[C@H](O)[C@@H](O)[C@H](O)[C@H](O)CO. The van der Waals surface area contributed by atoms with Crippen molar-refractivity contribution < 1.29 is 39.9 Å². The van der Waals surface area contributed by atoms with Crippen molar-refractivity contribution in [2.75, 3.05) is 6.61 Å². The van der Waals surface area contributed by atoms with Crippen LogP contribution < -0.4 is 0 Å². The number of ether oxygens (including phenoxy) is 1. The van der Waals surface area contributed by atoms with E-state index in [0.29, 0.717) is 0 Å². The molecule has 0 aliphatic carbocycles. The first-order valence-corrected chi connectivity index (χ1v) is 5.48. The number of hydrogen-bond acceptors (Lipinski definition) is 8. The molecular formula is C11H18O8. The van der Waals surface area contributed by atoms with Gasteiger partial charge in [0.25, 0.3) is 0 Å². The number of carbonyl (C=O) groups is 2. The van der Waals surface area contributed by atoms with Gasteiger partial charge in [-0.25, -0.2) is 9.59 Å². The lowest BCUT2D eigenvalue weighted by molar-refractivity contribution is -0.175. The quantitative estimate of drug-likeness (QED) is 0.203. The largest absolute Gasteiger partial charge is 0.394 e. The van der Waals surface area contributed by atoms with E-state index in [1.807, 2.05) is 0 Å². The highest BCUT2D eigenvalue weighted by atomic mass is 16.6. The Hall–Kier alpha value is -1.32. The minimum absolute atomic E-state index is 0.117. The van der Waals surface area contributed by atoms with Gasteiger partial charge in [0.1, 0.15) is 18.3 Å². The molecule has 19 heavy (non-hydrogen) atoms. The minimum atomic E-state index is -2.23. The van der Waals surface area contributed by atoms with Crippen LogP contribution in [0, 0.1) is 0 Å². The Morgan fingerprint density at radius 1 is 1.16 bits per heavy atom. The third kappa shape index (κ3) is 5.05. The van der Waals surface area contributed by atoms with E-state index in [9.17, 15) is 24.9 Å². The second kappa shape index (κ2) is 7.97. The van der Waals surface area contributed by atoms with Crippen LogP contribution in [0.3, 0.4) is 0 Å². The van der Waals surface area contributed by atoms with Crippen molar-refractivity contribution in [1.82, 2.24) is 0 Å². The normalized spacial score (nSPS) is 18.4. The van der Waals surface area contributed by atoms with Crippen LogP contribution in [0.2, 0.25) is 0 Å². The molecule has 8 heteroatoms. The molecular weight excluding hydrogens is 260 g/mol. The monoisotopic (exact) mass is 278 g/mol. The second-order valence-electron chi connectivity index (χ2n) is 3.86. The van der Waals surface area contributed by atoms with Crippen molar-refractivity contribution in [3.8, 4) is 0 Å². The molecule has 0 rings (SSSR count). The molecule has 0 saturated carbocycles. The summed E-state index contributed by atoms with van der Waals surface area (Å²) in [4.78, 5) is 22.5. The molecule has 5 N–H and O–H groups in total. The van der Waals surface area contributed by atoms with Crippen LogP contribution in [-0.4, -0.2) is 68.5 Å². The fraction of sp³-hybridized carbons (Fsp3) is 0.636. The molecule has 0 aliphatic heterocycles. The molecule has 0 spiro atoms. The van der Waals surface area contributed by atoms with Crippen LogP contribution >= 0.6 is 0 Å². The first-order chi connectivity index (χ1) is 8.76. The number of esters is 2. The van der Waals surface area contributed by atoms with Crippen LogP contribution in [0.15, 0.2) is 11.6 Å². The Balaban J connectivity index is 4.61. The van der Waals surface area contributed by atoms with E-state index in [0.717, 1.165) is 0 Å². The lowest BCUT2D eigenvalue weighted by Crippen LogP contribution is -2.49. The summed E-state index contributed by atoms with van der Waals surface area (Å²) in [6, 6.07) is 0. The number of carbonyl (C=O) groups excluding carboxylic acids is 2. The lowest BCUT2D eigenvalue weighted by atomic mass is 10.0. The first-order valence-electron chi connectivity index (χ1n) is 5.48. The molecule has 0 saturated heterocycles. The molecule has 0 aromatic heterocycles. The van der Waals surface area contributed by atoms with E-state index in [-0.39, 0.29) is 5.57 Å². The van der Waals surface area contributed by atoms with Crippen LogP contribution in [0.5, 0.6) is 0 Å². The maximum atomic E-state index is 11.3. The summed E-state index contributed by atoms with van der Waals surface area (Å²) >= 11 is 0. The number of hydrogen-bond donors (Lipinski definition) is 5. The molecule has 4 atom stereocenters. The standard InChI is InChI=1S/C11H18O8/c1-3-5(2)10(17)19-11(18)9(16)8(15)7(14)6(13)4-12/h3,6-9,12-16H,4H2,1-2H3/t6-,7-,8+,9-/m1/s1.